The molecule has 0 aliphatic carbocycles. The van der Waals surface area contributed by atoms with Crippen molar-refractivity contribution >= 4 is 15.9 Å². The van der Waals surface area contributed by atoms with E-state index in [9.17, 15) is 4.39 Å². The van der Waals surface area contributed by atoms with Crippen molar-refractivity contribution in [3.63, 3.8) is 0 Å². The minimum atomic E-state index is -1.04. The van der Waals surface area contributed by atoms with Crippen LogP contribution in [0.4, 0.5) is 4.39 Å². The molecule has 0 saturated heterocycles. The second kappa shape index (κ2) is 3.83. The number of alkyl halides is 1. The highest BCUT2D eigenvalue weighted by atomic mass is 79.9. The van der Waals surface area contributed by atoms with Gasteiger partial charge in [0.1, 0.15) is 6.17 Å². The maximum absolute atomic E-state index is 12.9. The van der Waals surface area contributed by atoms with Gasteiger partial charge in [0.25, 0.3) is 0 Å². The van der Waals surface area contributed by atoms with Gasteiger partial charge >= 0.3 is 0 Å². The Hall–Kier alpha value is -0.410. The van der Waals surface area contributed by atoms with E-state index in [4.69, 9.17) is 5.73 Å². The molecule has 0 saturated carbocycles. The van der Waals surface area contributed by atoms with E-state index < -0.39 is 6.17 Å². The maximum atomic E-state index is 12.9. The summed E-state index contributed by atoms with van der Waals surface area (Å²) < 4.78 is 13.8. The zero-order valence-electron chi connectivity index (χ0n) is 5.93. The molecule has 1 atom stereocenters. The molecule has 0 aromatic heterocycles. The van der Waals surface area contributed by atoms with Gasteiger partial charge in [-0.05, 0) is 17.7 Å². The van der Waals surface area contributed by atoms with Crippen LogP contribution in [0.3, 0.4) is 0 Å². The van der Waals surface area contributed by atoms with Gasteiger partial charge in [0.15, 0.2) is 0 Å². The van der Waals surface area contributed by atoms with Crippen LogP contribution in [0.5, 0.6) is 0 Å². The van der Waals surface area contributed by atoms with E-state index in [1.165, 1.54) is 0 Å². The van der Waals surface area contributed by atoms with Crippen molar-refractivity contribution in [1.82, 2.24) is 0 Å². The molecular weight excluding hydrogens is 209 g/mol. The average Bonchev–Trinajstić information content (AvgIpc) is 2.05. The zero-order chi connectivity index (χ0) is 8.27. The molecule has 1 aromatic rings. The van der Waals surface area contributed by atoms with E-state index in [0.717, 1.165) is 4.47 Å². The summed E-state index contributed by atoms with van der Waals surface area (Å²) in [6, 6.07) is 7.05. The summed E-state index contributed by atoms with van der Waals surface area (Å²) in [6.45, 7) is 0.0433. The summed E-state index contributed by atoms with van der Waals surface area (Å²) >= 11 is 3.26. The normalized spacial score (nSPS) is 13.0. The molecular formula is C8H9BrFN. The van der Waals surface area contributed by atoms with Crippen LogP contribution < -0.4 is 5.73 Å². The van der Waals surface area contributed by atoms with Crippen LogP contribution in [0.15, 0.2) is 28.7 Å². The van der Waals surface area contributed by atoms with Crippen LogP contribution in [-0.2, 0) is 0 Å². The minimum Gasteiger partial charge on any atom is -0.327 e. The largest absolute Gasteiger partial charge is 0.327 e. The highest BCUT2D eigenvalue weighted by Gasteiger charge is 2.05. The lowest BCUT2D eigenvalue weighted by atomic mass is 10.1. The van der Waals surface area contributed by atoms with Crippen LogP contribution in [0.2, 0.25) is 0 Å². The second-order valence-electron chi connectivity index (χ2n) is 2.25. The molecule has 1 aromatic carbocycles. The third-order valence-electron chi connectivity index (χ3n) is 1.44. The van der Waals surface area contributed by atoms with Gasteiger partial charge in [-0.25, -0.2) is 4.39 Å². The molecule has 1 nitrogen and oxygen atoms in total. The van der Waals surface area contributed by atoms with Gasteiger partial charge in [-0.2, -0.15) is 0 Å². The molecule has 0 heterocycles. The average molecular weight is 218 g/mol. The van der Waals surface area contributed by atoms with Crippen molar-refractivity contribution in [3.05, 3.63) is 34.3 Å². The first kappa shape index (κ1) is 8.68. The summed E-state index contributed by atoms with van der Waals surface area (Å²) in [4.78, 5) is 0. The molecule has 0 aliphatic rings. The molecule has 60 valence electrons. The lowest BCUT2D eigenvalue weighted by Crippen LogP contribution is -2.07. The Morgan fingerprint density at radius 3 is 2.36 bits per heavy atom. The number of hydrogen-bond acceptors (Lipinski definition) is 1. The quantitative estimate of drug-likeness (QED) is 0.810. The van der Waals surface area contributed by atoms with Crippen molar-refractivity contribution < 1.29 is 4.39 Å². The maximum Gasteiger partial charge on any atom is 0.137 e. The lowest BCUT2D eigenvalue weighted by molar-refractivity contribution is 0.353. The topological polar surface area (TPSA) is 26.0 Å². The van der Waals surface area contributed by atoms with Gasteiger partial charge < -0.3 is 5.73 Å². The third kappa shape index (κ3) is 2.27. The van der Waals surface area contributed by atoms with Crippen molar-refractivity contribution in [2.24, 2.45) is 5.73 Å². The number of nitrogens with two attached hydrogens (primary N) is 1. The van der Waals surface area contributed by atoms with E-state index in [0.29, 0.717) is 5.56 Å². The number of hydrogen-bond donors (Lipinski definition) is 1. The van der Waals surface area contributed by atoms with Crippen LogP contribution >= 0.6 is 15.9 Å². The lowest BCUT2D eigenvalue weighted by Gasteiger charge is -2.03. The van der Waals surface area contributed by atoms with Gasteiger partial charge in [-0.3, -0.25) is 0 Å². The van der Waals surface area contributed by atoms with Gasteiger partial charge in [0, 0.05) is 11.0 Å². The van der Waals surface area contributed by atoms with E-state index in [1.54, 1.807) is 24.3 Å². The summed E-state index contributed by atoms with van der Waals surface area (Å²) in [6.07, 6.45) is -1.04. The Balaban J connectivity index is 2.81. The number of benzene rings is 1. The fourth-order valence-electron chi connectivity index (χ4n) is 0.808. The Kier molecular flexibility index (Phi) is 3.02. The third-order valence-corrected chi connectivity index (χ3v) is 1.97. The van der Waals surface area contributed by atoms with Crippen molar-refractivity contribution in [2.45, 2.75) is 6.17 Å². The molecule has 0 bridgehead atoms. The van der Waals surface area contributed by atoms with Gasteiger partial charge in [0.2, 0.25) is 0 Å². The molecule has 1 unspecified atom stereocenters. The van der Waals surface area contributed by atoms with Crippen LogP contribution in [0.25, 0.3) is 0 Å². The molecule has 0 radical (unpaired) electrons. The van der Waals surface area contributed by atoms with Crippen LogP contribution in [0.1, 0.15) is 11.7 Å². The first-order valence-corrected chi connectivity index (χ1v) is 4.13. The molecule has 1 rings (SSSR count). The highest BCUT2D eigenvalue weighted by molar-refractivity contribution is 9.10. The van der Waals surface area contributed by atoms with E-state index in [1.807, 2.05) is 0 Å². The zero-order valence-corrected chi connectivity index (χ0v) is 7.51. The predicted octanol–water partition coefficient (Wildman–Crippen LogP) is 2.42. The SMILES string of the molecule is NCC(F)c1ccc(Br)cc1. The molecule has 0 aliphatic heterocycles. The molecule has 11 heavy (non-hydrogen) atoms. The summed E-state index contributed by atoms with van der Waals surface area (Å²) in [7, 11) is 0. The number of rotatable bonds is 2. The van der Waals surface area contributed by atoms with E-state index in [-0.39, 0.29) is 6.54 Å². The Labute approximate surface area is 73.5 Å². The highest BCUT2D eigenvalue weighted by Crippen LogP contribution is 2.18. The van der Waals surface area contributed by atoms with Gasteiger partial charge in [-0.15, -0.1) is 0 Å². The van der Waals surface area contributed by atoms with Crippen molar-refractivity contribution in [2.75, 3.05) is 6.54 Å². The fraction of sp³-hybridized carbons (Fsp3) is 0.250. The standard InChI is InChI=1S/C8H9BrFN/c9-7-3-1-6(2-4-7)8(10)5-11/h1-4,8H,5,11H2. The summed E-state index contributed by atoms with van der Waals surface area (Å²) in [5, 5.41) is 0. The molecule has 0 amide bonds. The predicted molar refractivity (Wildman–Crippen MR) is 47.0 cm³/mol. The minimum absolute atomic E-state index is 0.0433. The fourth-order valence-corrected chi connectivity index (χ4v) is 1.07. The number of halogens is 2. The second-order valence-corrected chi connectivity index (χ2v) is 3.17. The molecule has 3 heteroatoms. The molecule has 0 fully saturated rings. The van der Waals surface area contributed by atoms with Gasteiger partial charge in [-0.1, -0.05) is 28.1 Å². The van der Waals surface area contributed by atoms with E-state index >= 15 is 0 Å². The molecule has 0 spiro atoms. The Morgan fingerprint density at radius 1 is 1.36 bits per heavy atom. The van der Waals surface area contributed by atoms with Gasteiger partial charge in [0.05, 0.1) is 0 Å². The van der Waals surface area contributed by atoms with Crippen molar-refractivity contribution in [1.29, 1.82) is 0 Å². The van der Waals surface area contributed by atoms with Crippen LogP contribution in [-0.4, -0.2) is 6.54 Å². The summed E-state index contributed by atoms with van der Waals surface area (Å²) in [5.74, 6) is 0. The summed E-state index contributed by atoms with van der Waals surface area (Å²) in [5.41, 5.74) is 5.79. The molecule has 2 N–H and O–H groups in total. The smallest absolute Gasteiger partial charge is 0.137 e. The Morgan fingerprint density at radius 2 is 1.91 bits per heavy atom. The van der Waals surface area contributed by atoms with Crippen molar-refractivity contribution in [3.8, 4) is 0 Å². The first-order valence-electron chi connectivity index (χ1n) is 3.33. The van der Waals surface area contributed by atoms with Crippen LogP contribution in [0, 0.1) is 0 Å². The first-order chi connectivity index (χ1) is 5.24. The van der Waals surface area contributed by atoms with E-state index in [2.05, 4.69) is 15.9 Å². The monoisotopic (exact) mass is 217 g/mol. The Bertz CT molecular complexity index is 222.